The van der Waals surface area contributed by atoms with Gasteiger partial charge in [-0.15, -0.1) is 0 Å². The van der Waals surface area contributed by atoms with Crippen LogP contribution in [0.4, 0.5) is 16.2 Å². The first-order valence-corrected chi connectivity index (χ1v) is 7.81. The summed E-state index contributed by atoms with van der Waals surface area (Å²) in [5, 5.41) is 5.60. The number of carbonyl (C=O) groups excluding carboxylic acids is 1. The van der Waals surface area contributed by atoms with Gasteiger partial charge in [0, 0.05) is 17.4 Å². The molecule has 0 spiro atoms. The summed E-state index contributed by atoms with van der Waals surface area (Å²) in [5.41, 5.74) is 2.71. The number of ether oxygens (including phenoxy) is 2. The number of hydrogen-bond donors (Lipinski definition) is 2. The molecule has 2 aromatic carbocycles. The Morgan fingerprint density at radius 1 is 1.00 bits per heavy atom. The Balaban J connectivity index is 1.56. The number of carbonyl (C=O) groups is 1. The Morgan fingerprint density at radius 3 is 2.48 bits per heavy atom. The molecule has 23 heavy (non-hydrogen) atoms. The second-order valence-corrected chi connectivity index (χ2v) is 5.45. The number of unbranched alkanes of at least 4 members (excludes halogenated alkanes) is 1. The molecule has 3 rings (SSSR count). The van der Waals surface area contributed by atoms with Crippen molar-refractivity contribution in [3.05, 3.63) is 48.0 Å². The van der Waals surface area contributed by atoms with Crippen molar-refractivity contribution >= 4 is 17.4 Å². The van der Waals surface area contributed by atoms with Crippen LogP contribution in [0.5, 0.6) is 11.5 Å². The van der Waals surface area contributed by atoms with E-state index in [0.29, 0.717) is 17.2 Å². The maximum atomic E-state index is 12.0. The fraction of sp³-hybridized carbons (Fsp3) is 0.278. The van der Waals surface area contributed by atoms with Crippen LogP contribution in [0.3, 0.4) is 0 Å². The summed E-state index contributed by atoms with van der Waals surface area (Å²) >= 11 is 0. The topological polar surface area (TPSA) is 59.6 Å². The molecule has 2 N–H and O–H groups in total. The van der Waals surface area contributed by atoms with E-state index in [9.17, 15) is 4.79 Å². The minimum absolute atomic E-state index is 0.218. The SMILES string of the molecule is CCCCc1ccc(NC(=O)Nc2ccc3c(c2)OCO3)cc1. The first kappa shape index (κ1) is 15.2. The predicted octanol–water partition coefficient (Wildman–Crippen LogP) is 4.40. The fourth-order valence-electron chi connectivity index (χ4n) is 2.40. The molecule has 0 aliphatic carbocycles. The third kappa shape index (κ3) is 3.94. The standard InChI is InChI=1S/C18H20N2O3/c1-2-3-4-13-5-7-14(8-6-13)19-18(21)20-15-9-10-16-17(11-15)23-12-22-16/h5-11H,2-4,12H2,1H3,(H2,19,20,21). The summed E-state index contributed by atoms with van der Waals surface area (Å²) in [4.78, 5) is 12.0. The monoisotopic (exact) mass is 312 g/mol. The summed E-state index contributed by atoms with van der Waals surface area (Å²) in [5.74, 6) is 1.33. The Labute approximate surface area is 135 Å². The van der Waals surface area contributed by atoms with E-state index >= 15 is 0 Å². The molecule has 0 unspecified atom stereocenters. The van der Waals surface area contributed by atoms with E-state index in [2.05, 4.69) is 17.6 Å². The average molecular weight is 312 g/mol. The van der Waals surface area contributed by atoms with Crippen LogP contribution in [-0.4, -0.2) is 12.8 Å². The van der Waals surface area contributed by atoms with Crippen molar-refractivity contribution in [1.29, 1.82) is 0 Å². The highest BCUT2D eigenvalue weighted by Crippen LogP contribution is 2.34. The summed E-state index contributed by atoms with van der Waals surface area (Å²) in [6.45, 7) is 2.39. The summed E-state index contributed by atoms with van der Waals surface area (Å²) < 4.78 is 10.5. The molecule has 1 aliphatic heterocycles. The highest BCUT2D eigenvalue weighted by Gasteiger charge is 2.14. The van der Waals surface area contributed by atoms with Crippen molar-refractivity contribution in [3.8, 4) is 11.5 Å². The molecule has 0 atom stereocenters. The molecular weight excluding hydrogens is 292 g/mol. The van der Waals surface area contributed by atoms with E-state index in [4.69, 9.17) is 9.47 Å². The zero-order chi connectivity index (χ0) is 16.1. The maximum Gasteiger partial charge on any atom is 0.323 e. The van der Waals surface area contributed by atoms with Crippen LogP contribution in [0.25, 0.3) is 0 Å². The lowest BCUT2D eigenvalue weighted by Crippen LogP contribution is -2.19. The number of urea groups is 1. The maximum absolute atomic E-state index is 12.0. The van der Waals surface area contributed by atoms with E-state index in [1.165, 1.54) is 18.4 Å². The molecule has 5 nitrogen and oxygen atoms in total. The second kappa shape index (κ2) is 7.05. The van der Waals surface area contributed by atoms with Crippen LogP contribution in [0.2, 0.25) is 0 Å². The van der Waals surface area contributed by atoms with Gasteiger partial charge in [-0.3, -0.25) is 0 Å². The number of fused-ring (bicyclic) bond motifs is 1. The molecule has 120 valence electrons. The smallest absolute Gasteiger partial charge is 0.323 e. The van der Waals surface area contributed by atoms with Crippen LogP contribution in [0.1, 0.15) is 25.3 Å². The minimum Gasteiger partial charge on any atom is -0.454 e. The molecular formula is C18H20N2O3. The van der Waals surface area contributed by atoms with Crippen molar-refractivity contribution in [3.63, 3.8) is 0 Å². The van der Waals surface area contributed by atoms with Crippen LogP contribution in [0, 0.1) is 0 Å². The number of amides is 2. The zero-order valence-corrected chi connectivity index (χ0v) is 13.1. The third-order valence-electron chi connectivity index (χ3n) is 3.66. The number of rotatable bonds is 5. The molecule has 0 saturated carbocycles. The lowest BCUT2D eigenvalue weighted by Gasteiger charge is -2.09. The first-order chi connectivity index (χ1) is 11.2. The Kier molecular flexibility index (Phi) is 4.66. The van der Waals surface area contributed by atoms with Crippen LogP contribution in [0.15, 0.2) is 42.5 Å². The van der Waals surface area contributed by atoms with Crippen molar-refractivity contribution in [2.45, 2.75) is 26.2 Å². The van der Waals surface area contributed by atoms with Crippen molar-refractivity contribution in [2.24, 2.45) is 0 Å². The zero-order valence-electron chi connectivity index (χ0n) is 13.1. The predicted molar refractivity (Wildman–Crippen MR) is 90.3 cm³/mol. The largest absolute Gasteiger partial charge is 0.454 e. The molecule has 0 fully saturated rings. The van der Waals surface area contributed by atoms with Gasteiger partial charge in [0.2, 0.25) is 6.79 Å². The number of nitrogens with one attached hydrogen (secondary N) is 2. The molecule has 0 saturated heterocycles. The Morgan fingerprint density at radius 2 is 1.70 bits per heavy atom. The minimum atomic E-state index is -0.287. The van der Waals surface area contributed by atoms with E-state index in [0.717, 1.165) is 12.1 Å². The molecule has 0 aromatic heterocycles. The van der Waals surface area contributed by atoms with Gasteiger partial charge in [-0.05, 0) is 42.7 Å². The molecule has 1 aliphatic rings. The lowest BCUT2D eigenvalue weighted by atomic mass is 10.1. The van der Waals surface area contributed by atoms with Crippen LogP contribution >= 0.6 is 0 Å². The van der Waals surface area contributed by atoms with Crippen LogP contribution < -0.4 is 20.1 Å². The highest BCUT2D eigenvalue weighted by molar-refractivity contribution is 5.99. The van der Waals surface area contributed by atoms with E-state index < -0.39 is 0 Å². The van der Waals surface area contributed by atoms with Gasteiger partial charge >= 0.3 is 6.03 Å². The van der Waals surface area contributed by atoms with Crippen molar-refractivity contribution < 1.29 is 14.3 Å². The van der Waals surface area contributed by atoms with Crippen LogP contribution in [-0.2, 0) is 6.42 Å². The van der Waals surface area contributed by atoms with E-state index in [1.54, 1.807) is 18.2 Å². The van der Waals surface area contributed by atoms with E-state index in [1.807, 2.05) is 24.3 Å². The molecule has 1 heterocycles. The molecule has 5 heteroatoms. The highest BCUT2D eigenvalue weighted by atomic mass is 16.7. The lowest BCUT2D eigenvalue weighted by molar-refractivity contribution is 0.174. The normalized spacial score (nSPS) is 12.0. The molecule has 0 bridgehead atoms. The average Bonchev–Trinajstić information content (AvgIpc) is 3.02. The summed E-state index contributed by atoms with van der Waals surface area (Å²) in [7, 11) is 0. The quantitative estimate of drug-likeness (QED) is 0.860. The van der Waals surface area contributed by atoms with Gasteiger partial charge in [-0.25, -0.2) is 4.79 Å². The van der Waals surface area contributed by atoms with Gasteiger partial charge in [0.05, 0.1) is 0 Å². The number of aryl methyl sites for hydroxylation is 1. The second-order valence-electron chi connectivity index (χ2n) is 5.45. The number of benzene rings is 2. The number of hydrogen-bond acceptors (Lipinski definition) is 3. The van der Waals surface area contributed by atoms with Gasteiger partial charge in [0.1, 0.15) is 0 Å². The first-order valence-electron chi connectivity index (χ1n) is 7.81. The van der Waals surface area contributed by atoms with Gasteiger partial charge in [-0.2, -0.15) is 0 Å². The number of anilines is 2. The Bertz CT molecular complexity index is 683. The van der Waals surface area contributed by atoms with Gasteiger partial charge in [-0.1, -0.05) is 25.5 Å². The Hall–Kier alpha value is -2.69. The summed E-state index contributed by atoms with van der Waals surface area (Å²) in [6.07, 6.45) is 3.43. The van der Waals surface area contributed by atoms with Gasteiger partial charge in [0.15, 0.2) is 11.5 Å². The van der Waals surface area contributed by atoms with Gasteiger partial charge in [0.25, 0.3) is 0 Å². The molecule has 2 aromatic rings. The molecule has 2 amide bonds. The van der Waals surface area contributed by atoms with Gasteiger partial charge < -0.3 is 20.1 Å². The third-order valence-corrected chi connectivity index (χ3v) is 3.66. The molecule has 0 radical (unpaired) electrons. The van der Waals surface area contributed by atoms with Crippen molar-refractivity contribution in [2.75, 3.05) is 17.4 Å². The van der Waals surface area contributed by atoms with E-state index in [-0.39, 0.29) is 12.8 Å². The summed E-state index contributed by atoms with van der Waals surface area (Å²) in [6, 6.07) is 13.0. The van der Waals surface area contributed by atoms with Crippen molar-refractivity contribution in [1.82, 2.24) is 0 Å². The fourth-order valence-corrected chi connectivity index (χ4v) is 2.40.